The summed E-state index contributed by atoms with van der Waals surface area (Å²) < 4.78 is 1.88. The third-order valence-corrected chi connectivity index (χ3v) is 6.77. The molecule has 5 rings (SSSR count). The van der Waals surface area contributed by atoms with Crippen molar-refractivity contribution in [2.75, 3.05) is 0 Å². The van der Waals surface area contributed by atoms with Crippen molar-refractivity contribution in [1.82, 2.24) is 4.73 Å². The minimum atomic E-state index is -0.486. The van der Waals surface area contributed by atoms with Gasteiger partial charge in [0.05, 0.1) is 10.5 Å². The Morgan fingerprint density at radius 1 is 1.15 bits per heavy atom. The summed E-state index contributed by atoms with van der Waals surface area (Å²) in [7, 11) is 0. The van der Waals surface area contributed by atoms with Gasteiger partial charge in [0.15, 0.2) is 11.4 Å². The number of nitro groups is 1. The summed E-state index contributed by atoms with van der Waals surface area (Å²) in [6, 6.07) is 5.93. The molecule has 2 saturated carbocycles. The Morgan fingerprint density at radius 3 is 2.62 bits per heavy atom. The van der Waals surface area contributed by atoms with Gasteiger partial charge in [-0.3, -0.25) is 10.1 Å². The number of non-ortho nitro benzene ring substituents is 1. The third-order valence-electron chi connectivity index (χ3n) is 6.77. The van der Waals surface area contributed by atoms with Gasteiger partial charge in [-0.25, -0.2) is 4.73 Å². The van der Waals surface area contributed by atoms with E-state index in [9.17, 15) is 20.5 Å². The van der Waals surface area contributed by atoms with Gasteiger partial charge in [-0.05, 0) is 35.5 Å². The lowest BCUT2D eigenvalue weighted by Crippen LogP contribution is -2.37. The quantitative estimate of drug-likeness (QED) is 0.292. The second-order valence-corrected chi connectivity index (χ2v) is 7.92. The van der Waals surface area contributed by atoms with Crippen LogP contribution >= 0.6 is 0 Å². The molecule has 0 bridgehead atoms. The molecule has 7 nitrogen and oxygen atoms in total. The van der Waals surface area contributed by atoms with Gasteiger partial charge < -0.3 is 10.4 Å². The van der Waals surface area contributed by atoms with E-state index in [1.54, 1.807) is 12.1 Å². The van der Waals surface area contributed by atoms with Gasteiger partial charge in [-0.15, -0.1) is 0 Å². The van der Waals surface area contributed by atoms with Crippen LogP contribution in [0.3, 0.4) is 0 Å². The lowest BCUT2D eigenvalue weighted by molar-refractivity contribution is -0.604. The number of aromatic nitrogens is 2. The van der Waals surface area contributed by atoms with Crippen molar-refractivity contribution >= 4 is 5.69 Å². The highest BCUT2D eigenvalue weighted by Gasteiger charge is 2.55. The molecule has 0 aliphatic heterocycles. The lowest BCUT2D eigenvalue weighted by Gasteiger charge is -2.40. The standard InChI is InChI=1S/C19H21N3O4/c23-20-17-14-8-2-4-11-5-3-9-15(16(11)14)18(17)21(24)19(20)12-6-1-7-13(10-12)22(25)26/h1,6-7,10-11,14-16,23H,2-5,8-9H2/t11-,14-,15-,16+/m1/s1. The van der Waals surface area contributed by atoms with Crippen LogP contribution in [0.2, 0.25) is 0 Å². The Labute approximate surface area is 150 Å². The molecule has 1 aromatic carbocycles. The normalized spacial score (nSPS) is 29.2. The molecule has 0 saturated heterocycles. The maximum atomic E-state index is 13.2. The summed E-state index contributed by atoms with van der Waals surface area (Å²) in [5, 5.41) is 35.1. The molecule has 1 aromatic heterocycles. The van der Waals surface area contributed by atoms with Gasteiger partial charge in [0.25, 0.3) is 5.69 Å². The van der Waals surface area contributed by atoms with Crippen LogP contribution in [0.5, 0.6) is 0 Å². The molecule has 3 aliphatic carbocycles. The van der Waals surface area contributed by atoms with Crippen LogP contribution in [0, 0.1) is 27.2 Å². The van der Waals surface area contributed by atoms with E-state index in [2.05, 4.69) is 0 Å². The first-order chi connectivity index (χ1) is 12.6. The molecule has 0 unspecified atom stereocenters. The maximum absolute atomic E-state index is 13.2. The van der Waals surface area contributed by atoms with Crippen LogP contribution in [0.4, 0.5) is 5.69 Å². The molecule has 7 heteroatoms. The first-order valence-electron chi connectivity index (χ1n) is 9.40. The topological polar surface area (TPSA) is 95.2 Å². The van der Waals surface area contributed by atoms with Crippen LogP contribution in [-0.4, -0.2) is 14.9 Å². The van der Waals surface area contributed by atoms with E-state index in [0.29, 0.717) is 23.1 Å². The SMILES string of the molecule is O=[N+]([O-])c1cccc(-c2n(O)c3c([n+]2[O-])[C@@H]2CCC[C@H]4CCC[C@@H]3[C@H]42)c1. The average molecular weight is 355 g/mol. The molecule has 2 fully saturated rings. The van der Waals surface area contributed by atoms with Crippen LogP contribution in [0.1, 0.15) is 61.7 Å². The Balaban J connectivity index is 1.67. The van der Waals surface area contributed by atoms with Gasteiger partial charge in [-0.1, -0.05) is 31.7 Å². The summed E-state index contributed by atoms with van der Waals surface area (Å²) in [4.78, 5) is 10.6. The van der Waals surface area contributed by atoms with E-state index in [1.165, 1.54) is 25.0 Å². The zero-order chi connectivity index (χ0) is 18.0. The Hall–Kier alpha value is -2.57. The highest BCUT2D eigenvalue weighted by molar-refractivity contribution is 5.58. The molecule has 136 valence electrons. The van der Waals surface area contributed by atoms with E-state index in [1.807, 2.05) is 0 Å². The summed E-state index contributed by atoms with van der Waals surface area (Å²) in [6.45, 7) is 0. The number of hydrogen-bond acceptors (Lipinski definition) is 4. The maximum Gasteiger partial charge on any atom is 0.331 e. The first-order valence-corrected chi connectivity index (χ1v) is 9.40. The predicted molar refractivity (Wildman–Crippen MR) is 92.8 cm³/mol. The second-order valence-electron chi connectivity index (χ2n) is 7.92. The van der Waals surface area contributed by atoms with Crippen molar-refractivity contribution in [3.05, 3.63) is 51.0 Å². The minimum Gasteiger partial charge on any atom is -0.710 e. The van der Waals surface area contributed by atoms with Crippen LogP contribution in [0.15, 0.2) is 24.3 Å². The molecule has 2 aromatic rings. The molecule has 1 N–H and O–H groups in total. The van der Waals surface area contributed by atoms with Gasteiger partial charge >= 0.3 is 5.82 Å². The van der Waals surface area contributed by atoms with Crippen molar-refractivity contribution in [2.45, 2.75) is 50.4 Å². The highest BCUT2D eigenvalue weighted by atomic mass is 16.6. The van der Waals surface area contributed by atoms with Crippen molar-refractivity contribution < 1.29 is 14.9 Å². The summed E-state index contributed by atoms with van der Waals surface area (Å²) in [5.41, 5.74) is 1.75. The van der Waals surface area contributed by atoms with Crippen LogP contribution in [-0.2, 0) is 0 Å². The van der Waals surface area contributed by atoms with Crippen molar-refractivity contribution in [3.8, 4) is 11.4 Å². The first kappa shape index (κ1) is 15.7. The largest absolute Gasteiger partial charge is 0.710 e. The Bertz CT molecular complexity index is 865. The van der Waals surface area contributed by atoms with Crippen LogP contribution < -0.4 is 4.73 Å². The second kappa shape index (κ2) is 5.46. The fourth-order valence-electron chi connectivity index (χ4n) is 5.90. The fourth-order valence-corrected chi connectivity index (χ4v) is 5.90. The number of rotatable bonds is 2. The number of nitro benzene ring substituents is 1. The molecular weight excluding hydrogens is 334 g/mol. The number of nitrogens with zero attached hydrogens (tertiary/aromatic N) is 3. The average Bonchev–Trinajstić information content (AvgIpc) is 3.11. The summed E-state index contributed by atoms with van der Waals surface area (Å²) >= 11 is 0. The third kappa shape index (κ3) is 1.97. The Morgan fingerprint density at radius 2 is 1.88 bits per heavy atom. The number of fused-ring (bicyclic) bond motifs is 3. The highest BCUT2D eigenvalue weighted by Crippen LogP contribution is 2.59. The van der Waals surface area contributed by atoms with Gasteiger partial charge in [0.2, 0.25) is 0 Å². The van der Waals surface area contributed by atoms with E-state index in [-0.39, 0.29) is 23.3 Å². The van der Waals surface area contributed by atoms with E-state index in [0.717, 1.165) is 40.8 Å². The van der Waals surface area contributed by atoms with Crippen molar-refractivity contribution in [2.24, 2.45) is 11.8 Å². The lowest BCUT2D eigenvalue weighted by atomic mass is 9.64. The van der Waals surface area contributed by atoms with Crippen molar-refractivity contribution in [1.29, 1.82) is 0 Å². The van der Waals surface area contributed by atoms with Crippen molar-refractivity contribution in [3.63, 3.8) is 0 Å². The molecule has 3 aliphatic rings. The molecule has 0 spiro atoms. The molecule has 0 radical (unpaired) electrons. The smallest absolute Gasteiger partial charge is 0.331 e. The zero-order valence-corrected chi connectivity index (χ0v) is 14.4. The Kier molecular flexibility index (Phi) is 3.29. The van der Waals surface area contributed by atoms with E-state index < -0.39 is 4.92 Å². The molecule has 1 heterocycles. The van der Waals surface area contributed by atoms with Gasteiger partial charge in [0.1, 0.15) is 0 Å². The number of imidazole rings is 1. The molecule has 0 amide bonds. The number of hydrogen-bond donors (Lipinski definition) is 1. The zero-order valence-electron chi connectivity index (χ0n) is 14.4. The fraction of sp³-hybridized carbons (Fsp3) is 0.526. The van der Waals surface area contributed by atoms with Crippen LogP contribution in [0.25, 0.3) is 11.4 Å². The molecular formula is C19H21N3O4. The monoisotopic (exact) mass is 355 g/mol. The predicted octanol–water partition coefficient (Wildman–Crippen LogP) is 3.72. The van der Waals surface area contributed by atoms with E-state index in [4.69, 9.17) is 0 Å². The van der Waals surface area contributed by atoms with Gasteiger partial charge in [0, 0.05) is 24.0 Å². The molecule has 26 heavy (non-hydrogen) atoms. The van der Waals surface area contributed by atoms with E-state index >= 15 is 0 Å². The summed E-state index contributed by atoms with van der Waals surface area (Å²) in [5.74, 6) is 1.66. The molecule has 4 atom stereocenters. The number of benzene rings is 1. The van der Waals surface area contributed by atoms with Gasteiger partial charge in [-0.2, -0.15) is 0 Å². The summed E-state index contributed by atoms with van der Waals surface area (Å²) in [6.07, 6.45) is 6.71. The minimum absolute atomic E-state index is 0.0860.